The summed E-state index contributed by atoms with van der Waals surface area (Å²) in [4.78, 5) is 24.5. The minimum absolute atomic E-state index is 0.105. The summed E-state index contributed by atoms with van der Waals surface area (Å²) in [6, 6.07) is 7.46. The molecule has 0 saturated carbocycles. The largest absolute Gasteiger partial charge is 0.465 e. The van der Waals surface area contributed by atoms with E-state index in [2.05, 4.69) is 19.2 Å². The fourth-order valence-electron chi connectivity index (χ4n) is 2.56. The second kappa shape index (κ2) is 6.61. The van der Waals surface area contributed by atoms with Crippen molar-refractivity contribution in [2.24, 2.45) is 0 Å². The maximum Gasteiger partial charge on any atom is 0.407 e. The number of carboxylic acid groups (broad SMARTS) is 1. The molecule has 0 aliphatic carbocycles. The zero-order valence-electron chi connectivity index (χ0n) is 12.5. The lowest BCUT2D eigenvalue weighted by Crippen LogP contribution is -2.49. The number of hydrogen-bond donors (Lipinski definition) is 2. The Morgan fingerprint density at radius 3 is 2.52 bits per heavy atom. The summed E-state index contributed by atoms with van der Waals surface area (Å²) < 4.78 is 0. The van der Waals surface area contributed by atoms with E-state index in [0.29, 0.717) is 24.6 Å². The molecule has 5 heteroatoms. The molecule has 1 atom stereocenters. The number of hydrogen-bond acceptors (Lipinski definition) is 2. The molecule has 21 heavy (non-hydrogen) atoms. The number of nitrogens with one attached hydrogen (secondary N) is 1. The number of piperidine rings is 1. The lowest BCUT2D eigenvalue weighted by molar-refractivity contribution is 0.0888. The smallest absolute Gasteiger partial charge is 0.407 e. The lowest BCUT2D eigenvalue weighted by Gasteiger charge is -2.31. The zero-order chi connectivity index (χ0) is 15.4. The molecule has 2 rings (SSSR count). The molecule has 2 N–H and O–H groups in total. The third-order valence-corrected chi connectivity index (χ3v) is 3.87. The van der Waals surface area contributed by atoms with Gasteiger partial charge in [0.1, 0.15) is 0 Å². The van der Waals surface area contributed by atoms with Gasteiger partial charge in [-0.15, -0.1) is 0 Å². The van der Waals surface area contributed by atoms with Crippen LogP contribution in [0.4, 0.5) is 4.79 Å². The first-order valence-corrected chi connectivity index (χ1v) is 7.36. The quantitative estimate of drug-likeness (QED) is 0.899. The van der Waals surface area contributed by atoms with Crippen LogP contribution in [-0.2, 0) is 0 Å². The van der Waals surface area contributed by atoms with E-state index in [1.165, 1.54) is 10.5 Å². The van der Waals surface area contributed by atoms with Crippen molar-refractivity contribution in [2.75, 3.05) is 13.1 Å². The Bertz CT molecular complexity index is 511. The number of benzene rings is 1. The van der Waals surface area contributed by atoms with Crippen LogP contribution < -0.4 is 5.32 Å². The van der Waals surface area contributed by atoms with Crippen LogP contribution in [0, 0.1) is 0 Å². The van der Waals surface area contributed by atoms with Crippen molar-refractivity contribution in [1.29, 1.82) is 0 Å². The molecule has 1 aromatic carbocycles. The molecule has 1 aliphatic rings. The molecule has 0 bridgehead atoms. The molecule has 1 saturated heterocycles. The zero-order valence-corrected chi connectivity index (χ0v) is 12.5. The van der Waals surface area contributed by atoms with Gasteiger partial charge in [0, 0.05) is 24.7 Å². The van der Waals surface area contributed by atoms with Crippen LogP contribution in [-0.4, -0.2) is 41.1 Å². The molecule has 114 valence electrons. The van der Waals surface area contributed by atoms with Gasteiger partial charge in [0.2, 0.25) is 0 Å². The third kappa shape index (κ3) is 3.97. The molecule has 1 unspecified atom stereocenters. The number of carbonyl (C=O) groups is 2. The molecule has 1 aromatic rings. The van der Waals surface area contributed by atoms with E-state index in [9.17, 15) is 9.59 Å². The Balaban J connectivity index is 1.96. The summed E-state index contributed by atoms with van der Waals surface area (Å²) in [6.07, 6.45) is 0.679. The SMILES string of the molecule is CC(C)c1ccc(C(=O)NC2CCCN(C(=O)O)C2)cc1. The van der Waals surface area contributed by atoms with Gasteiger partial charge in [-0.05, 0) is 36.5 Å². The number of rotatable bonds is 3. The van der Waals surface area contributed by atoms with Crippen LogP contribution in [0.1, 0.15) is 48.5 Å². The average Bonchev–Trinajstić information content (AvgIpc) is 2.47. The van der Waals surface area contributed by atoms with Crippen LogP contribution in [0.5, 0.6) is 0 Å². The van der Waals surface area contributed by atoms with Crippen molar-refractivity contribution < 1.29 is 14.7 Å². The number of nitrogens with zero attached hydrogens (tertiary/aromatic N) is 1. The van der Waals surface area contributed by atoms with E-state index < -0.39 is 6.09 Å². The first kappa shape index (κ1) is 15.4. The molecular weight excluding hydrogens is 268 g/mol. The highest BCUT2D eigenvalue weighted by Crippen LogP contribution is 2.15. The highest BCUT2D eigenvalue weighted by atomic mass is 16.4. The standard InChI is InChI=1S/C16H22N2O3/c1-11(2)12-5-7-13(8-6-12)15(19)17-14-4-3-9-18(10-14)16(20)21/h5-8,11,14H,3-4,9-10H2,1-2H3,(H,17,19)(H,20,21). The maximum atomic E-state index is 12.2. The lowest BCUT2D eigenvalue weighted by atomic mass is 10.0. The summed E-state index contributed by atoms with van der Waals surface area (Å²) in [5.41, 5.74) is 1.81. The van der Waals surface area contributed by atoms with Crippen molar-refractivity contribution in [3.8, 4) is 0 Å². The molecule has 0 spiro atoms. The summed E-state index contributed by atoms with van der Waals surface area (Å²) in [6.45, 7) is 5.13. The van der Waals surface area contributed by atoms with Crippen LogP contribution in [0.15, 0.2) is 24.3 Å². The van der Waals surface area contributed by atoms with E-state index in [1.807, 2.05) is 24.3 Å². The van der Waals surface area contributed by atoms with Crippen LogP contribution in [0.25, 0.3) is 0 Å². The number of amides is 2. The van der Waals surface area contributed by atoms with E-state index in [-0.39, 0.29) is 11.9 Å². The Hall–Kier alpha value is -2.04. The molecule has 1 aliphatic heterocycles. The van der Waals surface area contributed by atoms with Crippen molar-refractivity contribution in [1.82, 2.24) is 10.2 Å². The van der Waals surface area contributed by atoms with Gasteiger partial charge in [-0.1, -0.05) is 26.0 Å². The maximum absolute atomic E-state index is 12.2. The summed E-state index contributed by atoms with van der Waals surface area (Å²) >= 11 is 0. The minimum atomic E-state index is -0.921. The third-order valence-electron chi connectivity index (χ3n) is 3.87. The predicted molar refractivity (Wildman–Crippen MR) is 80.6 cm³/mol. The molecule has 5 nitrogen and oxygen atoms in total. The molecular formula is C16H22N2O3. The highest BCUT2D eigenvalue weighted by molar-refractivity contribution is 5.94. The topological polar surface area (TPSA) is 69.6 Å². The van der Waals surface area contributed by atoms with E-state index in [1.54, 1.807) is 0 Å². The van der Waals surface area contributed by atoms with Crippen molar-refractivity contribution in [3.63, 3.8) is 0 Å². The average molecular weight is 290 g/mol. The summed E-state index contributed by atoms with van der Waals surface area (Å²) in [5, 5.41) is 11.9. The monoisotopic (exact) mass is 290 g/mol. The van der Waals surface area contributed by atoms with Gasteiger partial charge in [-0.3, -0.25) is 4.79 Å². The summed E-state index contributed by atoms with van der Waals surface area (Å²) in [7, 11) is 0. The van der Waals surface area contributed by atoms with E-state index in [0.717, 1.165) is 12.8 Å². The molecule has 2 amide bonds. The molecule has 1 fully saturated rings. The summed E-state index contributed by atoms with van der Waals surface area (Å²) in [5.74, 6) is 0.298. The minimum Gasteiger partial charge on any atom is -0.465 e. The fourth-order valence-corrected chi connectivity index (χ4v) is 2.56. The Morgan fingerprint density at radius 2 is 1.95 bits per heavy atom. The van der Waals surface area contributed by atoms with Crippen molar-refractivity contribution in [3.05, 3.63) is 35.4 Å². The molecule has 0 radical (unpaired) electrons. The van der Waals surface area contributed by atoms with Gasteiger partial charge >= 0.3 is 6.09 Å². The number of likely N-dealkylation sites (tertiary alicyclic amines) is 1. The van der Waals surface area contributed by atoms with Gasteiger partial charge in [-0.25, -0.2) is 4.79 Å². The van der Waals surface area contributed by atoms with Gasteiger partial charge in [-0.2, -0.15) is 0 Å². The number of carbonyl (C=O) groups excluding carboxylic acids is 1. The first-order valence-electron chi connectivity index (χ1n) is 7.36. The first-order chi connectivity index (χ1) is 9.97. The Morgan fingerprint density at radius 1 is 1.29 bits per heavy atom. The van der Waals surface area contributed by atoms with Crippen LogP contribution >= 0.6 is 0 Å². The fraction of sp³-hybridized carbons (Fsp3) is 0.500. The molecule has 1 heterocycles. The molecule has 0 aromatic heterocycles. The Kier molecular flexibility index (Phi) is 4.83. The Labute approximate surface area is 125 Å². The second-order valence-electron chi connectivity index (χ2n) is 5.82. The predicted octanol–water partition coefficient (Wildman–Crippen LogP) is 2.68. The normalized spacial score (nSPS) is 18.6. The van der Waals surface area contributed by atoms with E-state index >= 15 is 0 Å². The van der Waals surface area contributed by atoms with E-state index in [4.69, 9.17) is 5.11 Å². The van der Waals surface area contributed by atoms with Gasteiger partial charge in [0.05, 0.1) is 0 Å². The van der Waals surface area contributed by atoms with Gasteiger partial charge < -0.3 is 15.3 Å². The van der Waals surface area contributed by atoms with Crippen LogP contribution in [0.2, 0.25) is 0 Å². The van der Waals surface area contributed by atoms with Crippen molar-refractivity contribution in [2.45, 2.75) is 38.6 Å². The van der Waals surface area contributed by atoms with Crippen molar-refractivity contribution >= 4 is 12.0 Å². The van der Waals surface area contributed by atoms with Gasteiger partial charge in [0.15, 0.2) is 0 Å². The van der Waals surface area contributed by atoms with Gasteiger partial charge in [0.25, 0.3) is 5.91 Å². The van der Waals surface area contributed by atoms with Crippen LogP contribution in [0.3, 0.4) is 0 Å². The second-order valence-corrected chi connectivity index (χ2v) is 5.82. The highest BCUT2D eigenvalue weighted by Gasteiger charge is 2.24.